The van der Waals surface area contributed by atoms with Gasteiger partial charge < -0.3 is 4.74 Å². The zero-order valence-corrected chi connectivity index (χ0v) is 8.42. The van der Waals surface area contributed by atoms with Crippen molar-refractivity contribution < 1.29 is 4.74 Å². The highest BCUT2D eigenvalue weighted by Gasteiger charge is 1.99. The summed E-state index contributed by atoms with van der Waals surface area (Å²) in [4.78, 5) is 0. The van der Waals surface area contributed by atoms with Gasteiger partial charge in [0.2, 0.25) is 0 Å². The first kappa shape index (κ1) is 9.54. The van der Waals surface area contributed by atoms with Crippen LogP contribution in [0.2, 0.25) is 0 Å². The normalized spacial score (nSPS) is 10.8. The van der Waals surface area contributed by atoms with E-state index in [9.17, 15) is 0 Å². The van der Waals surface area contributed by atoms with Crippen molar-refractivity contribution in [1.29, 1.82) is 0 Å². The smallest absolute Gasteiger partial charge is 0.126 e. The van der Waals surface area contributed by atoms with Crippen LogP contribution in [0.25, 0.3) is 0 Å². The van der Waals surface area contributed by atoms with E-state index >= 15 is 0 Å². The molecule has 2 heteroatoms. The molecule has 1 atom stereocenters. The van der Waals surface area contributed by atoms with Gasteiger partial charge in [-0.05, 0) is 12.5 Å². The monoisotopic (exact) mass is 180 g/mol. The molecule has 0 amide bonds. The first-order chi connectivity index (χ1) is 5.88. The molecular formula is C10H13OP. The topological polar surface area (TPSA) is 9.23 Å². The molecule has 0 aliphatic rings. The minimum atomic E-state index is 0.635. The molecule has 1 nitrogen and oxygen atoms in total. The van der Waals surface area contributed by atoms with Gasteiger partial charge in [0.25, 0.3) is 0 Å². The molecule has 1 rings (SSSR count). The van der Waals surface area contributed by atoms with Crippen molar-refractivity contribution in [3.8, 4) is 5.75 Å². The molecule has 1 aromatic carbocycles. The fraction of sp³-hybridized carbons (Fsp3) is 0.300. The first-order valence-electron chi connectivity index (χ1n) is 4.00. The van der Waals surface area contributed by atoms with E-state index in [1.807, 2.05) is 18.2 Å². The summed E-state index contributed by atoms with van der Waals surface area (Å²) in [5, 5.41) is 1.24. The van der Waals surface area contributed by atoms with Crippen LogP contribution >= 0.6 is 8.58 Å². The number of ether oxygens (including phenoxy) is 1. The van der Waals surface area contributed by atoms with Gasteiger partial charge in [-0.3, -0.25) is 0 Å². The second-order valence-corrected chi connectivity index (χ2v) is 3.50. The maximum Gasteiger partial charge on any atom is 0.126 e. The van der Waals surface area contributed by atoms with Crippen molar-refractivity contribution in [3.05, 3.63) is 30.4 Å². The third kappa shape index (κ3) is 2.49. The Labute approximate surface area is 75.9 Å². The largest absolute Gasteiger partial charge is 0.496 e. The molecule has 0 aliphatic heterocycles. The molecule has 12 heavy (non-hydrogen) atoms. The van der Waals surface area contributed by atoms with Crippen LogP contribution in [0.5, 0.6) is 5.75 Å². The summed E-state index contributed by atoms with van der Waals surface area (Å²) in [6.45, 7) is 2.10. The fourth-order valence-corrected chi connectivity index (χ4v) is 1.79. The van der Waals surface area contributed by atoms with Gasteiger partial charge in [0, 0.05) is 11.5 Å². The SMILES string of the molecule is CC[C]Pc1ccccc1OC. The van der Waals surface area contributed by atoms with Crippen LogP contribution in [0.1, 0.15) is 13.3 Å². The van der Waals surface area contributed by atoms with Gasteiger partial charge >= 0.3 is 0 Å². The first-order valence-corrected chi connectivity index (χ1v) is 5.00. The molecule has 0 saturated carbocycles. The summed E-state index contributed by atoms with van der Waals surface area (Å²) >= 11 is 0. The zero-order chi connectivity index (χ0) is 8.81. The zero-order valence-electron chi connectivity index (χ0n) is 7.42. The van der Waals surface area contributed by atoms with Gasteiger partial charge in [-0.1, -0.05) is 33.7 Å². The highest BCUT2D eigenvalue weighted by molar-refractivity contribution is 7.49. The lowest BCUT2D eigenvalue weighted by Gasteiger charge is -2.06. The molecule has 0 aliphatic carbocycles. The third-order valence-corrected chi connectivity index (χ3v) is 2.72. The van der Waals surface area contributed by atoms with Crippen molar-refractivity contribution in [3.63, 3.8) is 0 Å². The second-order valence-electron chi connectivity index (χ2n) is 2.36. The second kappa shape index (κ2) is 5.16. The Balaban J connectivity index is 2.68. The summed E-state index contributed by atoms with van der Waals surface area (Å²) in [7, 11) is 2.34. The van der Waals surface area contributed by atoms with Gasteiger partial charge in [-0.25, -0.2) is 0 Å². The van der Waals surface area contributed by atoms with E-state index < -0.39 is 0 Å². The minimum absolute atomic E-state index is 0.635. The van der Waals surface area contributed by atoms with Crippen LogP contribution in [0.4, 0.5) is 0 Å². The average Bonchev–Trinajstić information content (AvgIpc) is 2.15. The van der Waals surface area contributed by atoms with E-state index in [2.05, 4.69) is 19.2 Å². The van der Waals surface area contributed by atoms with Crippen LogP contribution < -0.4 is 10.0 Å². The molecule has 2 radical (unpaired) electrons. The number of para-hydroxylation sites is 1. The highest BCUT2D eigenvalue weighted by atomic mass is 31.1. The van der Waals surface area contributed by atoms with Crippen molar-refractivity contribution in [2.24, 2.45) is 0 Å². The highest BCUT2D eigenvalue weighted by Crippen LogP contribution is 2.22. The lowest BCUT2D eigenvalue weighted by molar-refractivity contribution is 0.418. The summed E-state index contributed by atoms with van der Waals surface area (Å²) in [6, 6.07) is 8.08. The van der Waals surface area contributed by atoms with E-state index in [0.29, 0.717) is 8.58 Å². The molecule has 0 heterocycles. The molecule has 64 valence electrons. The number of benzene rings is 1. The number of methoxy groups -OCH3 is 1. The van der Waals surface area contributed by atoms with Gasteiger partial charge in [0.05, 0.1) is 7.11 Å². The molecule has 0 N–H and O–H groups in total. The van der Waals surface area contributed by atoms with Crippen LogP contribution in [0.15, 0.2) is 24.3 Å². The van der Waals surface area contributed by atoms with E-state index in [0.717, 1.165) is 12.2 Å². The quantitative estimate of drug-likeness (QED) is 0.646. The molecule has 0 aromatic heterocycles. The maximum atomic E-state index is 5.21. The molecular weight excluding hydrogens is 167 g/mol. The number of hydrogen-bond donors (Lipinski definition) is 0. The molecule has 0 bridgehead atoms. The van der Waals surface area contributed by atoms with Crippen molar-refractivity contribution in [2.45, 2.75) is 13.3 Å². The lowest BCUT2D eigenvalue weighted by atomic mass is 10.3. The number of rotatable bonds is 4. The van der Waals surface area contributed by atoms with E-state index in [4.69, 9.17) is 4.74 Å². The summed E-state index contributed by atoms with van der Waals surface area (Å²) < 4.78 is 5.21. The van der Waals surface area contributed by atoms with E-state index in [1.165, 1.54) is 5.30 Å². The Kier molecular flexibility index (Phi) is 4.10. The molecule has 0 fully saturated rings. The molecule has 1 unspecified atom stereocenters. The maximum absolute atomic E-state index is 5.21. The third-order valence-electron chi connectivity index (χ3n) is 1.51. The predicted octanol–water partition coefficient (Wildman–Crippen LogP) is 2.45. The van der Waals surface area contributed by atoms with Crippen molar-refractivity contribution >= 4 is 13.9 Å². The molecule has 0 saturated heterocycles. The minimum Gasteiger partial charge on any atom is -0.496 e. The van der Waals surface area contributed by atoms with Gasteiger partial charge in [-0.2, -0.15) is 0 Å². The van der Waals surface area contributed by atoms with Crippen LogP contribution in [-0.4, -0.2) is 7.11 Å². The Morgan fingerprint density at radius 3 is 2.83 bits per heavy atom. The summed E-state index contributed by atoms with van der Waals surface area (Å²) in [5.74, 6) is 0.969. The average molecular weight is 180 g/mol. The van der Waals surface area contributed by atoms with E-state index in [1.54, 1.807) is 7.11 Å². The van der Waals surface area contributed by atoms with Gasteiger partial charge in [0.15, 0.2) is 0 Å². The van der Waals surface area contributed by atoms with Crippen LogP contribution in [-0.2, 0) is 0 Å². The predicted molar refractivity (Wildman–Crippen MR) is 54.5 cm³/mol. The molecule has 1 aromatic rings. The van der Waals surface area contributed by atoms with Crippen molar-refractivity contribution in [1.82, 2.24) is 0 Å². The summed E-state index contributed by atoms with van der Waals surface area (Å²) in [6.07, 6.45) is 4.28. The Morgan fingerprint density at radius 2 is 2.17 bits per heavy atom. The fourth-order valence-electron chi connectivity index (χ4n) is 0.932. The van der Waals surface area contributed by atoms with Crippen LogP contribution in [0, 0.1) is 6.16 Å². The van der Waals surface area contributed by atoms with Gasteiger partial charge in [0.1, 0.15) is 5.75 Å². The van der Waals surface area contributed by atoms with E-state index in [-0.39, 0.29) is 0 Å². The van der Waals surface area contributed by atoms with Crippen LogP contribution in [0.3, 0.4) is 0 Å². The van der Waals surface area contributed by atoms with Crippen molar-refractivity contribution in [2.75, 3.05) is 7.11 Å². The lowest BCUT2D eigenvalue weighted by Crippen LogP contribution is -1.99. The Bertz CT molecular complexity index is 235. The standard InChI is InChI=1S/C10H13OP/c1-3-8-12-10-7-5-4-6-9(10)11-2/h4-7,12H,3H2,1-2H3. The van der Waals surface area contributed by atoms with Gasteiger partial charge in [-0.15, -0.1) is 0 Å². The molecule has 0 spiro atoms. The Morgan fingerprint density at radius 1 is 1.42 bits per heavy atom. The number of hydrogen-bond acceptors (Lipinski definition) is 1. The Hall–Kier alpha value is -0.550. The summed E-state index contributed by atoms with van der Waals surface area (Å²) in [5.41, 5.74) is 0.